The van der Waals surface area contributed by atoms with Gasteiger partial charge in [0.1, 0.15) is 11.6 Å². The summed E-state index contributed by atoms with van der Waals surface area (Å²) in [5.74, 6) is 1.13. The summed E-state index contributed by atoms with van der Waals surface area (Å²) in [6, 6.07) is 9.62. The second-order valence-corrected chi connectivity index (χ2v) is 5.06. The third-order valence-corrected chi connectivity index (χ3v) is 3.73. The Balaban J connectivity index is 2.42. The molecule has 0 amide bonds. The molecule has 0 aliphatic rings. The van der Waals surface area contributed by atoms with Gasteiger partial charge in [0, 0.05) is 11.4 Å². The fourth-order valence-electron chi connectivity index (χ4n) is 2.64. The number of nitrogen functional groups attached to an aromatic ring is 1. The average Bonchev–Trinajstić information content (AvgIpc) is 2.70. The normalized spacial score (nSPS) is 10.8. The smallest absolute Gasteiger partial charge is 0.150 e. The predicted octanol–water partition coefficient (Wildman–Crippen LogP) is 2.80. The molecule has 3 rings (SSSR count). The number of nitriles is 1. The summed E-state index contributed by atoms with van der Waals surface area (Å²) >= 11 is 0. The van der Waals surface area contributed by atoms with Crippen molar-refractivity contribution >= 4 is 16.9 Å². The highest BCUT2D eigenvalue weighted by atomic mass is 15.1. The van der Waals surface area contributed by atoms with Gasteiger partial charge < -0.3 is 5.73 Å². The van der Waals surface area contributed by atoms with Crippen LogP contribution in [0.25, 0.3) is 16.7 Å². The number of aryl methyl sites for hydroxylation is 2. The SMILES string of the molecule is Cc1nc(N)c2c(C)c(C)n(-c3cccc(C#N)c3)c2n1. The second-order valence-electron chi connectivity index (χ2n) is 5.06. The van der Waals surface area contributed by atoms with E-state index in [0.29, 0.717) is 17.2 Å². The van der Waals surface area contributed by atoms with Crippen molar-refractivity contribution in [1.82, 2.24) is 14.5 Å². The molecule has 0 bridgehead atoms. The molecule has 5 nitrogen and oxygen atoms in total. The fourth-order valence-corrected chi connectivity index (χ4v) is 2.64. The van der Waals surface area contributed by atoms with E-state index in [2.05, 4.69) is 16.0 Å². The molecule has 5 heteroatoms. The Morgan fingerprint density at radius 1 is 1.19 bits per heavy atom. The van der Waals surface area contributed by atoms with Gasteiger partial charge in [0.25, 0.3) is 0 Å². The lowest BCUT2D eigenvalue weighted by Crippen LogP contribution is -2.01. The Kier molecular flexibility index (Phi) is 2.88. The molecule has 2 aromatic heterocycles. The molecule has 0 unspecified atom stereocenters. The van der Waals surface area contributed by atoms with Gasteiger partial charge in [-0.05, 0) is 44.5 Å². The van der Waals surface area contributed by atoms with Gasteiger partial charge in [-0.3, -0.25) is 4.57 Å². The van der Waals surface area contributed by atoms with E-state index in [1.54, 1.807) is 6.07 Å². The van der Waals surface area contributed by atoms with Gasteiger partial charge in [0.15, 0.2) is 5.65 Å². The van der Waals surface area contributed by atoms with Crippen molar-refractivity contribution in [3.8, 4) is 11.8 Å². The number of nitrogens with zero attached hydrogens (tertiary/aromatic N) is 4. The number of hydrogen-bond donors (Lipinski definition) is 1. The maximum Gasteiger partial charge on any atom is 0.150 e. The van der Waals surface area contributed by atoms with Crippen LogP contribution in [-0.2, 0) is 0 Å². The number of anilines is 1. The van der Waals surface area contributed by atoms with E-state index >= 15 is 0 Å². The molecule has 0 fully saturated rings. The molecule has 0 aliphatic carbocycles. The van der Waals surface area contributed by atoms with Crippen molar-refractivity contribution in [3.05, 3.63) is 46.9 Å². The zero-order valence-electron chi connectivity index (χ0n) is 12.2. The first-order valence-corrected chi connectivity index (χ1v) is 6.65. The van der Waals surface area contributed by atoms with E-state index in [9.17, 15) is 0 Å². The first kappa shape index (κ1) is 13.1. The minimum absolute atomic E-state index is 0.494. The maximum atomic E-state index is 9.08. The third-order valence-electron chi connectivity index (χ3n) is 3.73. The van der Waals surface area contributed by atoms with Gasteiger partial charge in [-0.15, -0.1) is 0 Å². The predicted molar refractivity (Wildman–Crippen MR) is 82.2 cm³/mol. The molecule has 0 atom stereocenters. The van der Waals surface area contributed by atoms with Crippen LogP contribution in [0.5, 0.6) is 0 Å². The summed E-state index contributed by atoms with van der Waals surface area (Å²) < 4.78 is 2.02. The van der Waals surface area contributed by atoms with Crippen molar-refractivity contribution in [2.24, 2.45) is 0 Å². The maximum absolute atomic E-state index is 9.08. The van der Waals surface area contributed by atoms with Crippen LogP contribution in [0.4, 0.5) is 5.82 Å². The molecular weight excluding hydrogens is 262 g/mol. The van der Waals surface area contributed by atoms with Crippen molar-refractivity contribution in [3.63, 3.8) is 0 Å². The number of benzene rings is 1. The molecule has 21 heavy (non-hydrogen) atoms. The zero-order valence-corrected chi connectivity index (χ0v) is 12.2. The Bertz CT molecular complexity index is 899. The summed E-state index contributed by atoms with van der Waals surface area (Å²) in [6.45, 7) is 5.85. The van der Waals surface area contributed by atoms with Crippen LogP contribution in [0.2, 0.25) is 0 Å². The zero-order chi connectivity index (χ0) is 15.1. The molecule has 3 aromatic rings. The van der Waals surface area contributed by atoms with Crippen LogP contribution >= 0.6 is 0 Å². The van der Waals surface area contributed by atoms with Crippen molar-refractivity contribution in [1.29, 1.82) is 5.26 Å². The summed E-state index contributed by atoms with van der Waals surface area (Å²) in [4.78, 5) is 8.78. The van der Waals surface area contributed by atoms with E-state index in [1.807, 2.05) is 43.5 Å². The van der Waals surface area contributed by atoms with E-state index in [-0.39, 0.29) is 0 Å². The number of rotatable bonds is 1. The number of aromatic nitrogens is 3. The lowest BCUT2D eigenvalue weighted by Gasteiger charge is -2.08. The first-order valence-electron chi connectivity index (χ1n) is 6.65. The largest absolute Gasteiger partial charge is 0.383 e. The minimum atomic E-state index is 0.494. The van der Waals surface area contributed by atoms with Gasteiger partial charge in [-0.25, -0.2) is 9.97 Å². The Morgan fingerprint density at radius 3 is 2.67 bits per heavy atom. The lowest BCUT2D eigenvalue weighted by atomic mass is 10.2. The molecule has 2 heterocycles. The van der Waals surface area contributed by atoms with E-state index in [0.717, 1.165) is 28.0 Å². The van der Waals surface area contributed by atoms with E-state index in [1.165, 1.54) is 0 Å². The van der Waals surface area contributed by atoms with Crippen LogP contribution in [0.15, 0.2) is 24.3 Å². The van der Waals surface area contributed by atoms with Crippen LogP contribution in [0.1, 0.15) is 22.6 Å². The van der Waals surface area contributed by atoms with Gasteiger partial charge in [-0.1, -0.05) is 6.07 Å². The average molecular weight is 277 g/mol. The quantitative estimate of drug-likeness (QED) is 0.741. The van der Waals surface area contributed by atoms with Crippen LogP contribution in [0, 0.1) is 32.1 Å². The highest BCUT2D eigenvalue weighted by Gasteiger charge is 2.17. The molecule has 0 spiro atoms. The summed E-state index contributed by atoms with van der Waals surface area (Å²) in [5, 5.41) is 9.96. The molecule has 0 saturated carbocycles. The van der Waals surface area contributed by atoms with Crippen LogP contribution in [0.3, 0.4) is 0 Å². The third kappa shape index (κ3) is 1.93. The van der Waals surface area contributed by atoms with Crippen LogP contribution in [-0.4, -0.2) is 14.5 Å². The molecule has 0 saturated heterocycles. The summed E-state index contributed by atoms with van der Waals surface area (Å²) in [7, 11) is 0. The molecule has 0 radical (unpaired) electrons. The van der Waals surface area contributed by atoms with Gasteiger partial charge in [0.05, 0.1) is 17.0 Å². The van der Waals surface area contributed by atoms with Crippen LogP contribution < -0.4 is 5.73 Å². The monoisotopic (exact) mass is 277 g/mol. The highest BCUT2D eigenvalue weighted by Crippen LogP contribution is 2.30. The fraction of sp³-hybridized carbons (Fsp3) is 0.188. The van der Waals surface area contributed by atoms with E-state index < -0.39 is 0 Å². The topological polar surface area (TPSA) is 80.5 Å². The summed E-state index contributed by atoms with van der Waals surface area (Å²) in [6.07, 6.45) is 0. The number of nitrogens with two attached hydrogens (primary N) is 1. The first-order chi connectivity index (χ1) is 10.0. The molecule has 2 N–H and O–H groups in total. The second kappa shape index (κ2) is 4.60. The van der Waals surface area contributed by atoms with Crippen molar-refractivity contribution in [2.75, 3.05) is 5.73 Å². The van der Waals surface area contributed by atoms with E-state index in [4.69, 9.17) is 11.0 Å². The number of fused-ring (bicyclic) bond motifs is 1. The molecule has 1 aromatic carbocycles. The molecule has 0 aliphatic heterocycles. The standard InChI is InChI=1S/C16H15N5/c1-9-10(2)21(13-6-4-5-12(7-13)8-17)16-14(9)15(18)19-11(3)20-16/h4-7H,1-3H3,(H2,18,19,20). The minimum Gasteiger partial charge on any atom is -0.383 e. The lowest BCUT2D eigenvalue weighted by molar-refractivity contribution is 0.995. The Hall–Kier alpha value is -2.87. The molecular formula is C16H15N5. The van der Waals surface area contributed by atoms with Crippen molar-refractivity contribution in [2.45, 2.75) is 20.8 Å². The number of hydrogen-bond acceptors (Lipinski definition) is 4. The molecule has 104 valence electrons. The van der Waals surface area contributed by atoms with Gasteiger partial charge in [0.2, 0.25) is 0 Å². The van der Waals surface area contributed by atoms with Gasteiger partial charge >= 0.3 is 0 Å². The summed E-state index contributed by atoms with van der Waals surface area (Å²) in [5.41, 5.74) is 10.5. The van der Waals surface area contributed by atoms with Crippen molar-refractivity contribution < 1.29 is 0 Å². The van der Waals surface area contributed by atoms with Gasteiger partial charge in [-0.2, -0.15) is 5.26 Å². The Labute approximate surface area is 122 Å². The Morgan fingerprint density at radius 2 is 1.95 bits per heavy atom. The highest BCUT2D eigenvalue weighted by molar-refractivity contribution is 5.92.